The molecule has 0 radical (unpaired) electrons. The maximum atomic E-state index is 10.2. The fraction of sp³-hybridized carbons (Fsp3) is 0.364. The van der Waals surface area contributed by atoms with Gasteiger partial charge in [-0.15, -0.1) is 0 Å². The van der Waals surface area contributed by atoms with E-state index in [1.807, 2.05) is 24.3 Å². The van der Waals surface area contributed by atoms with Crippen molar-refractivity contribution < 1.29 is 9.63 Å². The molecule has 2 atom stereocenters. The second-order valence-electron chi connectivity index (χ2n) is 7.20. The van der Waals surface area contributed by atoms with Gasteiger partial charge in [0.1, 0.15) is 0 Å². The normalized spacial score (nSPS) is 20.2. The molecule has 4 rings (SSSR count). The molecule has 1 fully saturated rings. The highest BCUT2D eigenvalue weighted by molar-refractivity contribution is 5.18. The van der Waals surface area contributed by atoms with Crippen molar-refractivity contribution in [2.75, 3.05) is 13.1 Å². The Labute approximate surface area is 159 Å². The molecule has 1 N–H and O–H groups in total. The van der Waals surface area contributed by atoms with E-state index in [4.69, 9.17) is 4.52 Å². The molecule has 0 amide bonds. The molecule has 0 bridgehead atoms. The van der Waals surface area contributed by atoms with Crippen molar-refractivity contribution in [3.05, 3.63) is 83.5 Å². The summed E-state index contributed by atoms with van der Waals surface area (Å²) >= 11 is 0. The summed E-state index contributed by atoms with van der Waals surface area (Å²) < 4.78 is 5.55. The number of aromatic nitrogens is 2. The number of hydrogen-bond acceptors (Lipinski definition) is 5. The van der Waals surface area contributed by atoms with Crippen LogP contribution in [-0.2, 0) is 12.8 Å². The largest absolute Gasteiger partial charge is 0.392 e. The van der Waals surface area contributed by atoms with Crippen LogP contribution in [0.3, 0.4) is 0 Å². The molecule has 140 valence electrons. The highest BCUT2D eigenvalue weighted by Gasteiger charge is 2.35. The predicted octanol–water partition coefficient (Wildman–Crippen LogP) is 3.40. The number of benzene rings is 2. The van der Waals surface area contributed by atoms with E-state index < -0.39 is 0 Å². The topological polar surface area (TPSA) is 62.4 Å². The molecule has 0 aliphatic carbocycles. The number of hydrogen-bond donors (Lipinski definition) is 1. The summed E-state index contributed by atoms with van der Waals surface area (Å²) in [4.78, 5) is 6.88. The molecule has 5 nitrogen and oxygen atoms in total. The maximum Gasteiger partial charge on any atom is 0.244 e. The van der Waals surface area contributed by atoms with Gasteiger partial charge in [-0.2, -0.15) is 4.98 Å². The van der Waals surface area contributed by atoms with Crippen molar-refractivity contribution >= 4 is 0 Å². The van der Waals surface area contributed by atoms with Crippen molar-refractivity contribution in [1.29, 1.82) is 0 Å². The van der Waals surface area contributed by atoms with Crippen LogP contribution in [0.15, 0.2) is 65.2 Å². The molecule has 0 unspecified atom stereocenters. The molecule has 1 aliphatic heterocycles. The van der Waals surface area contributed by atoms with Gasteiger partial charge in [0.2, 0.25) is 5.89 Å². The summed E-state index contributed by atoms with van der Waals surface area (Å²) in [5.41, 5.74) is 2.51. The second-order valence-corrected chi connectivity index (χ2v) is 7.20. The summed E-state index contributed by atoms with van der Waals surface area (Å²) in [5.74, 6) is 1.32. The van der Waals surface area contributed by atoms with Gasteiger partial charge in [-0.1, -0.05) is 65.8 Å². The van der Waals surface area contributed by atoms with E-state index in [1.165, 1.54) is 5.56 Å². The van der Waals surface area contributed by atoms with Gasteiger partial charge in [0, 0.05) is 13.0 Å². The zero-order chi connectivity index (χ0) is 18.5. The molecular formula is C22H25N3O2. The van der Waals surface area contributed by atoms with E-state index in [0.29, 0.717) is 31.1 Å². The summed E-state index contributed by atoms with van der Waals surface area (Å²) in [6.07, 6.45) is 3.05. The third kappa shape index (κ3) is 4.62. The molecule has 27 heavy (non-hydrogen) atoms. The average molecular weight is 363 g/mol. The molecule has 0 saturated carbocycles. The van der Waals surface area contributed by atoms with Crippen molar-refractivity contribution in [1.82, 2.24) is 15.0 Å². The Balaban J connectivity index is 1.37. The molecule has 2 heterocycles. The smallest absolute Gasteiger partial charge is 0.244 e. The quantitative estimate of drug-likeness (QED) is 0.697. The first-order valence-electron chi connectivity index (χ1n) is 9.60. The number of nitrogens with zero attached hydrogens (tertiary/aromatic N) is 3. The Morgan fingerprint density at radius 3 is 2.44 bits per heavy atom. The van der Waals surface area contributed by atoms with Gasteiger partial charge in [-0.05, 0) is 36.9 Å². The second kappa shape index (κ2) is 8.46. The number of rotatable bonds is 7. The maximum absolute atomic E-state index is 10.2. The zero-order valence-electron chi connectivity index (χ0n) is 15.4. The van der Waals surface area contributed by atoms with Crippen LogP contribution >= 0.6 is 0 Å². The van der Waals surface area contributed by atoms with E-state index in [0.717, 1.165) is 24.9 Å². The average Bonchev–Trinajstić information content (AvgIpc) is 3.30. The zero-order valence-corrected chi connectivity index (χ0v) is 15.4. The summed E-state index contributed by atoms with van der Waals surface area (Å²) in [7, 11) is 0. The minimum Gasteiger partial charge on any atom is -0.392 e. The molecule has 3 aromatic rings. The van der Waals surface area contributed by atoms with Crippen molar-refractivity contribution in [3.8, 4) is 0 Å². The van der Waals surface area contributed by atoms with Crippen LogP contribution in [0.2, 0.25) is 0 Å². The van der Waals surface area contributed by atoms with Crippen LogP contribution in [-0.4, -0.2) is 39.3 Å². The predicted molar refractivity (Wildman–Crippen MR) is 103 cm³/mol. The van der Waals surface area contributed by atoms with Crippen molar-refractivity contribution in [3.63, 3.8) is 0 Å². The minimum atomic E-state index is -0.337. The van der Waals surface area contributed by atoms with Crippen molar-refractivity contribution in [2.45, 2.75) is 37.8 Å². The minimum absolute atomic E-state index is 0.00722. The van der Waals surface area contributed by atoms with Gasteiger partial charge in [-0.3, -0.25) is 4.90 Å². The lowest BCUT2D eigenvalue weighted by atomic mass is 10.1. The fourth-order valence-electron chi connectivity index (χ4n) is 3.77. The lowest BCUT2D eigenvalue weighted by molar-refractivity contribution is 0.172. The first-order valence-corrected chi connectivity index (χ1v) is 9.60. The van der Waals surface area contributed by atoms with Crippen LogP contribution in [0, 0.1) is 0 Å². The van der Waals surface area contributed by atoms with Crippen LogP contribution in [0.4, 0.5) is 0 Å². The van der Waals surface area contributed by atoms with Gasteiger partial charge >= 0.3 is 0 Å². The molecule has 1 aromatic heterocycles. The standard InChI is InChI=1S/C22H25N3O2/c26-19-15-20(25(16-19)13-7-12-17-8-3-1-4-9-17)22-23-21(24-27-22)14-18-10-5-2-6-11-18/h1-6,8-11,19-20,26H,7,12-16H2/t19-,20+/m1/s1. The number of β-amino-alcohol motifs (C(OH)–C–C–N with tert-alkyl or cyclic N) is 1. The number of aliphatic hydroxyl groups excluding tert-OH is 1. The Bertz CT molecular complexity index is 835. The van der Waals surface area contributed by atoms with Crippen LogP contribution in [0.25, 0.3) is 0 Å². The summed E-state index contributed by atoms with van der Waals surface area (Å²) in [5, 5.41) is 14.3. The Kier molecular flexibility index (Phi) is 5.61. The van der Waals surface area contributed by atoms with Crippen LogP contribution < -0.4 is 0 Å². The Morgan fingerprint density at radius 2 is 1.70 bits per heavy atom. The van der Waals surface area contributed by atoms with E-state index >= 15 is 0 Å². The summed E-state index contributed by atoms with van der Waals surface area (Å²) in [6.45, 7) is 1.57. The third-order valence-electron chi connectivity index (χ3n) is 5.11. The first-order chi connectivity index (χ1) is 13.3. The number of likely N-dealkylation sites (tertiary alicyclic amines) is 1. The molecule has 5 heteroatoms. The van der Waals surface area contributed by atoms with E-state index in [2.05, 4.69) is 51.4 Å². The molecule has 2 aromatic carbocycles. The van der Waals surface area contributed by atoms with Crippen LogP contribution in [0.1, 0.15) is 41.7 Å². The molecular weight excluding hydrogens is 338 g/mol. The number of aliphatic hydroxyl groups is 1. The van der Waals surface area contributed by atoms with Gasteiger partial charge in [0.05, 0.1) is 12.1 Å². The summed E-state index contributed by atoms with van der Waals surface area (Å²) in [6, 6.07) is 20.7. The monoisotopic (exact) mass is 363 g/mol. The van der Waals surface area contributed by atoms with Crippen molar-refractivity contribution in [2.24, 2.45) is 0 Å². The fourth-order valence-corrected chi connectivity index (χ4v) is 3.77. The number of aryl methyl sites for hydroxylation is 1. The van der Waals surface area contributed by atoms with E-state index in [9.17, 15) is 5.11 Å². The first kappa shape index (κ1) is 17.9. The molecule has 1 saturated heterocycles. The van der Waals surface area contributed by atoms with Gasteiger partial charge in [0.25, 0.3) is 0 Å². The van der Waals surface area contributed by atoms with E-state index in [1.54, 1.807) is 0 Å². The van der Waals surface area contributed by atoms with Gasteiger partial charge < -0.3 is 9.63 Å². The molecule has 1 aliphatic rings. The highest BCUT2D eigenvalue weighted by Crippen LogP contribution is 2.31. The van der Waals surface area contributed by atoms with Crippen LogP contribution in [0.5, 0.6) is 0 Å². The SMILES string of the molecule is O[C@@H]1C[C@@H](c2nc(Cc3ccccc3)no2)N(CCCc2ccccc2)C1. The highest BCUT2D eigenvalue weighted by atomic mass is 16.5. The lowest BCUT2D eigenvalue weighted by Crippen LogP contribution is -2.26. The Hall–Kier alpha value is -2.50. The molecule has 0 spiro atoms. The Morgan fingerprint density at radius 1 is 1.00 bits per heavy atom. The van der Waals surface area contributed by atoms with Gasteiger partial charge in [-0.25, -0.2) is 0 Å². The lowest BCUT2D eigenvalue weighted by Gasteiger charge is -2.20. The van der Waals surface area contributed by atoms with E-state index in [-0.39, 0.29) is 12.1 Å². The third-order valence-corrected chi connectivity index (χ3v) is 5.11. The van der Waals surface area contributed by atoms with Gasteiger partial charge in [0.15, 0.2) is 5.82 Å².